The fourth-order valence-corrected chi connectivity index (χ4v) is 4.22. The first-order valence-electron chi connectivity index (χ1n) is 9.95. The van der Waals surface area contributed by atoms with Gasteiger partial charge in [0.1, 0.15) is 0 Å². The topological polar surface area (TPSA) is 41.6 Å². The molecule has 1 unspecified atom stereocenters. The average Bonchev–Trinajstić information content (AvgIpc) is 2.70. The molecule has 150 valence electrons. The smallest absolute Gasteiger partial charge is 0.220 e. The zero-order valence-electron chi connectivity index (χ0n) is 16.8. The van der Waals surface area contributed by atoms with E-state index >= 15 is 0 Å². The number of aryl methyl sites for hydroxylation is 2. The van der Waals surface area contributed by atoms with E-state index in [4.69, 9.17) is 4.74 Å². The minimum absolute atomic E-state index is 0.0637. The minimum atomic E-state index is 0.0637. The molecular weight excluding hydrogens is 368 g/mol. The molecule has 0 radical (unpaired) electrons. The van der Waals surface area contributed by atoms with Crippen LogP contribution < -0.4 is 5.32 Å². The van der Waals surface area contributed by atoms with Crippen molar-refractivity contribution in [1.29, 1.82) is 0 Å². The van der Waals surface area contributed by atoms with Gasteiger partial charge in [-0.05, 0) is 42.7 Å². The van der Waals surface area contributed by atoms with Crippen molar-refractivity contribution in [3.8, 4) is 0 Å². The Morgan fingerprint density at radius 1 is 1.18 bits per heavy atom. The molecule has 28 heavy (non-hydrogen) atoms. The van der Waals surface area contributed by atoms with Crippen molar-refractivity contribution in [2.45, 2.75) is 37.8 Å². The van der Waals surface area contributed by atoms with Gasteiger partial charge in [0.05, 0.1) is 12.7 Å². The number of nitrogens with zero attached hydrogens (tertiary/aromatic N) is 1. The lowest BCUT2D eigenvalue weighted by atomic mass is 10.1. The van der Waals surface area contributed by atoms with E-state index in [1.165, 1.54) is 21.6 Å². The molecule has 1 heterocycles. The van der Waals surface area contributed by atoms with E-state index in [-0.39, 0.29) is 12.0 Å². The second kappa shape index (κ2) is 10.6. The third-order valence-electron chi connectivity index (χ3n) is 5.08. The number of ether oxygens (including phenoxy) is 1. The van der Waals surface area contributed by atoms with Gasteiger partial charge >= 0.3 is 0 Å². The molecule has 0 spiro atoms. The molecule has 1 N–H and O–H groups in total. The van der Waals surface area contributed by atoms with Crippen molar-refractivity contribution < 1.29 is 9.53 Å². The van der Waals surface area contributed by atoms with Crippen LogP contribution >= 0.6 is 11.8 Å². The molecule has 0 bridgehead atoms. The first-order chi connectivity index (χ1) is 13.6. The maximum atomic E-state index is 12.2. The number of nitrogens with one attached hydrogen (secondary N) is 1. The highest BCUT2D eigenvalue weighted by atomic mass is 32.2. The summed E-state index contributed by atoms with van der Waals surface area (Å²) in [7, 11) is 0. The molecule has 4 nitrogen and oxygen atoms in total. The molecule has 5 heteroatoms. The summed E-state index contributed by atoms with van der Waals surface area (Å²) in [6.07, 6.45) is 0.590. The highest BCUT2D eigenvalue weighted by molar-refractivity contribution is 7.99. The molecule has 0 aromatic heterocycles. The van der Waals surface area contributed by atoms with Crippen molar-refractivity contribution in [1.82, 2.24) is 10.2 Å². The number of carbonyl (C=O) groups is 1. The third-order valence-corrected chi connectivity index (χ3v) is 6.07. The predicted octanol–water partition coefficient (Wildman–Crippen LogP) is 3.80. The lowest BCUT2D eigenvalue weighted by Crippen LogP contribution is -2.47. The van der Waals surface area contributed by atoms with Gasteiger partial charge in [-0.25, -0.2) is 0 Å². The largest absolute Gasteiger partial charge is 0.374 e. The second-order valence-electron chi connectivity index (χ2n) is 7.36. The van der Waals surface area contributed by atoms with Crippen LogP contribution in [0.25, 0.3) is 0 Å². The van der Waals surface area contributed by atoms with E-state index in [9.17, 15) is 4.79 Å². The molecule has 1 atom stereocenters. The Balaban J connectivity index is 1.35. The van der Waals surface area contributed by atoms with E-state index in [1.807, 2.05) is 6.07 Å². The van der Waals surface area contributed by atoms with Crippen molar-refractivity contribution in [2.75, 3.05) is 32.0 Å². The van der Waals surface area contributed by atoms with Crippen molar-refractivity contribution >= 4 is 17.7 Å². The van der Waals surface area contributed by atoms with Gasteiger partial charge < -0.3 is 10.1 Å². The lowest BCUT2D eigenvalue weighted by molar-refractivity contribution is -0.121. The molecule has 1 aliphatic heterocycles. The van der Waals surface area contributed by atoms with Gasteiger partial charge in [-0.2, -0.15) is 0 Å². The Morgan fingerprint density at radius 3 is 2.79 bits per heavy atom. The van der Waals surface area contributed by atoms with E-state index in [2.05, 4.69) is 66.5 Å². The Bertz CT molecular complexity index is 766. The first kappa shape index (κ1) is 20.9. The molecule has 2 aromatic rings. The third kappa shape index (κ3) is 6.66. The summed E-state index contributed by atoms with van der Waals surface area (Å²) in [5, 5.41) is 3.04. The average molecular weight is 399 g/mol. The molecule has 0 aliphatic carbocycles. The summed E-state index contributed by atoms with van der Waals surface area (Å²) in [5.74, 6) is 0.889. The van der Waals surface area contributed by atoms with E-state index in [1.54, 1.807) is 11.8 Å². The summed E-state index contributed by atoms with van der Waals surface area (Å²) in [4.78, 5) is 15.8. The summed E-state index contributed by atoms with van der Waals surface area (Å²) in [6.45, 7) is 8.26. The number of amides is 1. The van der Waals surface area contributed by atoms with Crippen molar-refractivity contribution in [3.63, 3.8) is 0 Å². The molecule has 1 saturated heterocycles. The van der Waals surface area contributed by atoms with E-state index in [0.717, 1.165) is 32.0 Å². The van der Waals surface area contributed by atoms with Crippen LogP contribution in [0.5, 0.6) is 0 Å². The lowest BCUT2D eigenvalue weighted by Gasteiger charge is -2.33. The van der Waals surface area contributed by atoms with Gasteiger partial charge in [-0.15, -0.1) is 11.8 Å². The normalized spacial score (nSPS) is 17.4. The molecule has 1 amide bonds. The van der Waals surface area contributed by atoms with Crippen LogP contribution in [-0.4, -0.2) is 48.9 Å². The van der Waals surface area contributed by atoms with Crippen LogP contribution in [0.2, 0.25) is 0 Å². The second-order valence-corrected chi connectivity index (χ2v) is 8.53. The fourth-order valence-electron chi connectivity index (χ4n) is 3.27. The zero-order valence-corrected chi connectivity index (χ0v) is 17.6. The van der Waals surface area contributed by atoms with Gasteiger partial charge in [-0.1, -0.05) is 36.4 Å². The molecule has 2 aromatic carbocycles. The standard InChI is InChI=1S/C23H30N2O2S/c1-18-8-9-22(14-19(18)2)28-13-10-23(26)24-15-21-17-25(11-12-27-21)16-20-6-4-3-5-7-20/h3-9,14,21H,10-13,15-17H2,1-2H3,(H,24,26). The van der Waals surface area contributed by atoms with Crippen LogP contribution in [0, 0.1) is 13.8 Å². The predicted molar refractivity (Wildman–Crippen MR) is 116 cm³/mol. The monoisotopic (exact) mass is 398 g/mol. The molecule has 0 saturated carbocycles. The molecule has 1 fully saturated rings. The maximum absolute atomic E-state index is 12.2. The Labute approximate surface area is 172 Å². The van der Waals surface area contributed by atoms with Gasteiger partial charge in [0, 0.05) is 43.2 Å². The van der Waals surface area contributed by atoms with E-state index in [0.29, 0.717) is 13.0 Å². The number of morpholine rings is 1. The number of benzene rings is 2. The first-order valence-corrected chi connectivity index (χ1v) is 10.9. The number of carbonyl (C=O) groups excluding carboxylic acids is 1. The summed E-state index contributed by atoms with van der Waals surface area (Å²) >= 11 is 1.73. The maximum Gasteiger partial charge on any atom is 0.220 e. The molecule has 1 aliphatic rings. The fraction of sp³-hybridized carbons (Fsp3) is 0.435. The number of thioether (sulfide) groups is 1. The highest BCUT2D eigenvalue weighted by Gasteiger charge is 2.21. The van der Waals surface area contributed by atoms with Crippen LogP contribution in [0.1, 0.15) is 23.1 Å². The van der Waals surface area contributed by atoms with Crippen LogP contribution in [0.15, 0.2) is 53.4 Å². The Hall–Kier alpha value is -1.82. The summed E-state index contributed by atoms with van der Waals surface area (Å²) < 4.78 is 5.83. The number of hydrogen-bond donors (Lipinski definition) is 1. The van der Waals surface area contributed by atoms with Crippen molar-refractivity contribution in [2.24, 2.45) is 0 Å². The zero-order chi connectivity index (χ0) is 19.8. The highest BCUT2D eigenvalue weighted by Crippen LogP contribution is 2.21. The van der Waals surface area contributed by atoms with Gasteiger partial charge in [0.15, 0.2) is 0 Å². The van der Waals surface area contributed by atoms with Crippen molar-refractivity contribution in [3.05, 3.63) is 65.2 Å². The van der Waals surface area contributed by atoms with Gasteiger partial charge in [-0.3, -0.25) is 9.69 Å². The summed E-state index contributed by atoms with van der Waals surface area (Å²) in [6, 6.07) is 16.9. The SMILES string of the molecule is Cc1ccc(SCCC(=O)NCC2CN(Cc3ccccc3)CCO2)cc1C. The number of hydrogen-bond acceptors (Lipinski definition) is 4. The Kier molecular flexibility index (Phi) is 7.95. The van der Waals surface area contributed by atoms with Gasteiger partial charge in [0.2, 0.25) is 5.91 Å². The molecular formula is C23H30N2O2S. The summed E-state index contributed by atoms with van der Waals surface area (Å²) in [5.41, 5.74) is 3.91. The molecule has 3 rings (SSSR count). The quantitative estimate of drug-likeness (QED) is 0.687. The Morgan fingerprint density at radius 2 is 2.00 bits per heavy atom. The van der Waals surface area contributed by atoms with Crippen LogP contribution in [0.3, 0.4) is 0 Å². The minimum Gasteiger partial charge on any atom is -0.374 e. The van der Waals surface area contributed by atoms with Crippen LogP contribution in [0.4, 0.5) is 0 Å². The van der Waals surface area contributed by atoms with Crippen LogP contribution in [-0.2, 0) is 16.1 Å². The number of rotatable bonds is 8. The van der Waals surface area contributed by atoms with Gasteiger partial charge in [0.25, 0.3) is 0 Å². The van der Waals surface area contributed by atoms with E-state index < -0.39 is 0 Å².